The molecule has 0 bridgehead atoms. The minimum absolute atomic E-state index is 0.217. The van der Waals surface area contributed by atoms with Crippen LogP contribution in [0.2, 0.25) is 0 Å². The average molecular weight is 384 g/mol. The molecule has 4 rings (SSSR count). The molecule has 7 heteroatoms. The van der Waals surface area contributed by atoms with E-state index in [0.717, 1.165) is 36.8 Å². The molecular weight excluding hydrogens is 365 g/mol. The summed E-state index contributed by atoms with van der Waals surface area (Å²) in [7, 11) is -5.70. The minimum atomic E-state index is -5.70. The van der Waals surface area contributed by atoms with Crippen molar-refractivity contribution >= 4 is 20.9 Å². The van der Waals surface area contributed by atoms with E-state index in [2.05, 4.69) is 11.1 Å². The Hall–Kier alpha value is -1.76. The van der Waals surface area contributed by atoms with Crippen molar-refractivity contribution in [1.29, 1.82) is 0 Å². The van der Waals surface area contributed by atoms with Gasteiger partial charge in [-0.3, -0.25) is 0 Å². The highest BCUT2D eigenvalue weighted by molar-refractivity contribution is 7.88. The van der Waals surface area contributed by atoms with Gasteiger partial charge in [-0.25, -0.2) is 0 Å². The molecule has 0 amide bonds. The van der Waals surface area contributed by atoms with Crippen molar-refractivity contribution in [2.75, 3.05) is 0 Å². The van der Waals surface area contributed by atoms with E-state index in [0.29, 0.717) is 23.1 Å². The fourth-order valence-electron chi connectivity index (χ4n) is 4.74. The number of rotatable bonds is 2. The first-order chi connectivity index (χ1) is 12.1. The van der Waals surface area contributed by atoms with E-state index in [1.54, 1.807) is 6.07 Å². The molecule has 26 heavy (non-hydrogen) atoms. The monoisotopic (exact) mass is 384 g/mol. The van der Waals surface area contributed by atoms with Crippen molar-refractivity contribution in [3.8, 4) is 5.75 Å². The second-order valence-electron chi connectivity index (χ2n) is 7.57. The van der Waals surface area contributed by atoms with Gasteiger partial charge in [-0.05, 0) is 59.6 Å². The zero-order valence-electron chi connectivity index (χ0n) is 14.3. The summed E-state index contributed by atoms with van der Waals surface area (Å²) in [5, 5.41) is 1.19. The lowest BCUT2D eigenvalue weighted by atomic mass is 9.66. The number of hydrogen-bond donors (Lipinski definition) is 0. The minimum Gasteiger partial charge on any atom is -0.375 e. The number of alkyl halides is 3. The summed E-state index contributed by atoms with van der Waals surface area (Å²) in [6, 6.07) is 8.48. The molecule has 0 N–H and O–H groups in total. The van der Waals surface area contributed by atoms with Crippen molar-refractivity contribution in [1.82, 2.24) is 0 Å². The van der Waals surface area contributed by atoms with Crippen LogP contribution in [0.3, 0.4) is 0 Å². The lowest BCUT2D eigenvalue weighted by molar-refractivity contribution is -0.0499. The summed E-state index contributed by atoms with van der Waals surface area (Å²) < 4.78 is 65.9. The normalized spacial score (nSPS) is 25.8. The van der Waals surface area contributed by atoms with Gasteiger partial charge in [0.05, 0.1) is 0 Å². The van der Waals surface area contributed by atoms with Gasteiger partial charge in [0.25, 0.3) is 0 Å². The number of hydrogen-bond acceptors (Lipinski definition) is 3. The molecular formula is C19H19F3O3S. The van der Waals surface area contributed by atoms with Crippen LogP contribution >= 0.6 is 0 Å². The highest BCUT2D eigenvalue weighted by Crippen LogP contribution is 2.56. The van der Waals surface area contributed by atoms with Crippen molar-refractivity contribution < 1.29 is 25.8 Å². The largest absolute Gasteiger partial charge is 0.534 e. The Labute approximate surface area is 150 Å². The molecule has 0 spiro atoms. The van der Waals surface area contributed by atoms with Crippen molar-refractivity contribution in [3.63, 3.8) is 0 Å². The summed E-state index contributed by atoms with van der Waals surface area (Å²) in [5.74, 6) is 0.126. The van der Waals surface area contributed by atoms with Gasteiger partial charge in [-0.1, -0.05) is 37.6 Å². The predicted molar refractivity (Wildman–Crippen MR) is 92.6 cm³/mol. The van der Waals surface area contributed by atoms with Crippen LogP contribution in [0.25, 0.3) is 10.8 Å². The van der Waals surface area contributed by atoms with Crippen LogP contribution in [0.15, 0.2) is 30.3 Å². The van der Waals surface area contributed by atoms with Gasteiger partial charge in [0.1, 0.15) is 0 Å². The second-order valence-corrected chi connectivity index (χ2v) is 9.11. The van der Waals surface area contributed by atoms with Crippen LogP contribution in [0.5, 0.6) is 5.75 Å². The molecule has 0 heterocycles. The first-order valence-electron chi connectivity index (χ1n) is 8.68. The van der Waals surface area contributed by atoms with E-state index < -0.39 is 15.6 Å². The van der Waals surface area contributed by atoms with Crippen LogP contribution in [0.4, 0.5) is 13.2 Å². The SMILES string of the molecule is C[C@@]12CCC[C@H]1c1ccc3cccc(OS(=O)(=O)C(F)(F)F)c3c1CC2. The molecule has 2 aromatic rings. The Bertz CT molecular complexity index is 981. The predicted octanol–water partition coefficient (Wildman–Crippen LogP) is 5.29. The van der Waals surface area contributed by atoms with Gasteiger partial charge >= 0.3 is 15.6 Å². The standard InChI is InChI=1S/C19H19F3O3S/c1-18-10-3-5-15(18)13-8-7-12-4-2-6-16(17(12)14(13)9-11-18)25-26(23,24)19(20,21)22/h2,4,6-8,15H,3,5,9-11H2,1H3/t15-,18-/m0/s1. The zero-order chi connectivity index (χ0) is 18.7. The Morgan fingerprint density at radius 2 is 1.92 bits per heavy atom. The molecule has 0 radical (unpaired) electrons. The van der Waals surface area contributed by atoms with E-state index in [-0.39, 0.29) is 11.2 Å². The van der Waals surface area contributed by atoms with Gasteiger partial charge < -0.3 is 4.18 Å². The molecule has 1 saturated carbocycles. The Morgan fingerprint density at radius 3 is 2.65 bits per heavy atom. The Balaban J connectivity index is 1.89. The van der Waals surface area contributed by atoms with Gasteiger partial charge in [0, 0.05) is 5.39 Å². The van der Waals surface area contributed by atoms with E-state index in [4.69, 9.17) is 0 Å². The van der Waals surface area contributed by atoms with Crippen LogP contribution < -0.4 is 4.18 Å². The number of benzene rings is 2. The first-order valence-corrected chi connectivity index (χ1v) is 10.1. The molecule has 3 nitrogen and oxygen atoms in total. The van der Waals surface area contributed by atoms with Gasteiger partial charge in [0.15, 0.2) is 5.75 Å². The molecule has 0 aliphatic heterocycles. The zero-order valence-corrected chi connectivity index (χ0v) is 15.1. The second kappa shape index (κ2) is 5.62. The first kappa shape index (κ1) is 17.6. The molecule has 140 valence electrons. The van der Waals surface area contributed by atoms with Crippen LogP contribution in [-0.2, 0) is 16.5 Å². The van der Waals surface area contributed by atoms with Crippen LogP contribution in [0, 0.1) is 5.41 Å². The van der Waals surface area contributed by atoms with Crippen LogP contribution in [0.1, 0.15) is 49.7 Å². The summed E-state index contributed by atoms with van der Waals surface area (Å²) in [6.07, 6.45) is 5.00. The Morgan fingerprint density at radius 1 is 1.15 bits per heavy atom. The molecule has 2 aromatic carbocycles. The lowest BCUT2D eigenvalue weighted by Crippen LogP contribution is -2.28. The molecule has 2 aliphatic rings. The summed E-state index contributed by atoms with van der Waals surface area (Å²) in [4.78, 5) is 0. The quantitative estimate of drug-likeness (QED) is 0.522. The fourth-order valence-corrected chi connectivity index (χ4v) is 5.21. The van der Waals surface area contributed by atoms with Crippen molar-refractivity contribution in [2.45, 2.75) is 50.5 Å². The highest BCUT2D eigenvalue weighted by Gasteiger charge is 2.49. The molecule has 0 unspecified atom stereocenters. The van der Waals surface area contributed by atoms with Gasteiger partial charge in [0.2, 0.25) is 0 Å². The maximum atomic E-state index is 12.8. The van der Waals surface area contributed by atoms with Crippen LogP contribution in [-0.4, -0.2) is 13.9 Å². The summed E-state index contributed by atoms with van der Waals surface area (Å²) >= 11 is 0. The molecule has 2 aliphatic carbocycles. The van der Waals surface area contributed by atoms with E-state index in [1.807, 2.05) is 12.1 Å². The highest BCUT2D eigenvalue weighted by atomic mass is 32.2. The average Bonchev–Trinajstić information content (AvgIpc) is 2.95. The third-order valence-corrected chi connectivity index (χ3v) is 7.00. The summed E-state index contributed by atoms with van der Waals surface area (Å²) in [5.41, 5.74) is -3.17. The number of halogens is 3. The smallest absolute Gasteiger partial charge is 0.375 e. The number of aryl methyl sites for hydroxylation is 1. The maximum absolute atomic E-state index is 12.8. The van der Waals surface area contributed by atoms with Gasteiger partial charge in [-0.2, -0.15) is 21.6 Å². The third-order valence-electron chi connectivity index (χ3n) is 6.04. The van der Waals surface area contributed by atoms with Gasteiger partial charge in [-0.15, -0.1) is 0 Å². The van der Waals surface area contributed by atoms with E-state index in [9.17, 15) is 21.6 Å². The van der Waals surface area contributed by atoms with Crippen molar-refractivity contribution in [2.24, 2.45) is 5.41 Å². The van der Waals surface area contributed by atoms with Crippen molar-refractivity contribution in [3.05, 3.63) is 41.5 Å². The maximum Gasteiger partial charge on any atom is 0.534 e. The molecule has 2 atom stereocenters. The molecule has 0 aromatic heterocycles. The molecule has 0 saturated heterocycles. The van der Waals surface area contributed by atoms with E-state index in [1.165, 1.54) is 12.1 Å². The summed E-state index contributed by atoms with van der Waals surface area (Å²) in [6.45, 7) is 2.27. The topological polar surface area (TPSA) is 43.4 Å². The fraction of sp³-hybridized carbons (Fsp3) is 0.474. The number of fused-ring (bicyclic) bond motifs is 5. The van der Waals surface area contributed by atoms with E-state index >= 15 is 0 Å². The lowest BCUT2D eigenvalue weighted by Gasteiger charge is -2.38. The Kier molecular flexibility index (Phi) is 3.81. The molecule has 1 fully saturated rings. The third kappa shape index (κ3) is 2.59.